The predicted octanol–water partition coefficient (Wildman–Crippen LogP) is 2.36. The van der Waals surface area contributed by atoms with Gasteiger partial charge in [-0.3, -0.25) is 0 Å². The number of urea groups is 1. The average Bonchev–Trinajstić information content (AvgIpc) is 2.76. The first-order valence-electron chi connectivity index (χ1n) is 6.33. The van der Waals surface area contributed by atoms with Gasteiger partial charge in [-0.1, -0.05) is 18.2 Å². The SMILES string of the molecule is Cc1c(/C=N\NC(=O)Nc2ccccc2)cc(C#N)n1C. The largest absolute Gasteiger partial charge is 0.339 e. The van der Waals surface area contributed by atoms with Gasteiger partial charge in [-0.15, -0.1) is 0 Å². The van der Waals surface area contributed by atoms with Gasteiger partial charge >= 0.3 is 6.03 Å². The predicted molar refractivity (Wildman–Crippen MR) is 81.1 cm³/mol. The van der Waals surface area contributed by atoms with E-state index in [1.807, 2.05) is 25.1 Å². The Morgan fingerprint density at radius 3 is 2.71 bits per heavy atom. The van der Waals surface area contributed by atoms with E-state index in [-0.39, 0.29) is 0 Å². The molecule has 6 nitrogen and oxygen atoms in total. The van der Waals surface area contributed by atoms with Gasteiger partial charge in [0.05, 0.1) is 6.21 Å². The van der Waals surface area contributed by atoms with Crippen molar-refractivity contribution in [2.45, 2.75) is 6.92 Å². The smallest absolute Gasteiger partial charge is 0.339 e. The number of nitrogens with zero attached hydrogens (tertiary/aromatic N) is 3. The second kappa shape index (κ2) is 6.39. The van der Waals surface area contributed by atoms with Crippen molar-refractivity contribution in [2.75, 3.05) is 5.32 Å². The number of hydrogen-bond acceptors (Lipinski definition) is 3. The molecule has 0 saturated carbocycles. The van der Waals surface area contributed by atoms with Crippen LogP contribution in [0.2, 0.25) is 0 Å². The number of benzene rings is 1. The zero-order valence-electron chi connectivity index (χ0n) is 11.8. The maximum Gasteiger partial charge on any atom is 0.339 e. The van der Waals surface area contributed by atoms with Gasteiger partial charge in [0.2, 0.25) is 0 Å². The highest BCUT2D eigenvalue weighted by Crippen LogP contribution is 2.10. The maximum absolute atomic E-state index is 11.6. The summed E-state index contributed by atoms with van der Waals surface area (Å²) in [6, 6.07) is 12.5. The Balaban J connectivity index is 1.97. The third kappa shape index (κ3) is 3.48. The van der Waals surface area contributed by atoms with Crippen molar-refractivity contribution in [1.29, 1.82) is 5.26 Å². The van der Waals surface area contributed by atoms with E-state index in [0.717, 1.165) is 11.3 Å². The molecule has 2 N–H and O–H groups in total. The van der Waals surface area contributed by atoms with Crippen LogP contribution in [0.5, 0.6) is 0 Å². The number of hydrogen-bond donors (Lipinski definition) is 2. The molecule has 0 radical (unpaired) electrons. The van der Waals surface area contributed by atoms with Crippen molar-refractivity contribution in [3.63, 3.8) is 0 Å². The first kappa shape index (κ1) is 14.3. The molecule has 0 bridgehead atoms. The minimum atomic E-state index is -0.424. The Kier molecular flexibility index (Phi) is 4.36. The van der Waals surface area contributed by atoms with Crippen LogP contribution in [0.4, 0.5) is 10.5 Å². The molecule has 0 aliphatic rings. The summed E-state index contributed by atoms with van der Waals surface area (Å²) >= 11 is 0. The molecule has 1 aromatic carbocycles. The quantitative estimate of drug-likeness (QED) is 0.668. The number of nitrogens with one attached hydrogen (secondary N) is 2. The van der Waals surface area contributed by atoms with Gasteiger partial charge in [-0.05, 0) is 25.1 Å². The fourth-order valence-electron chi connectivity index (χ4n) is 1.80. The molecule has 0 saturated heterocycles. The van der Waals surface area contributed by atoms with Crippen LogP contribution in [0, 0.1) is 18.3 Å². The van der Waals surface area contributed by atoms with Crippen LogP contribution in [-0.2, 0) is 7.05 Å². The van der Waals surface area contributed by atoms with Crippen LogP contribution in [0.25, 0.3) is 0 Å². The van der Waals surface area contributed by atoms with Crippen LogP contribution >= 0.6 is 0 Å². The number of carbonyl (C=O) groups is 1. The Bertz CT molecular complexity index is 710. The molecule has 0 atom stereocenters. The van der Waals surface area contributed by atoms with Crippen molar-refractivity contribution in [3.8, 4) is 6.07 Å². The summed E-state index contributed by atoms with van der Waals surface area (Å²) in [4.78, 5) is 11.6. The van der Waals surface area contributed by atoms with E-state index in [4.69, 9.17) is 5.26 Å². The van der Waals surface area contributed by atoms with Gasteiger partial charge < -0.3 is 9.88 Å². The molecule has 0 fully saturated rings. The summed E-state index contributed by atoms with van der Waals surface area (Å²) in [5, 5.41) is 15.5. The highest BCUT2D eigenvalue weighted by molar-refractivity contribution is 5.90. The number of carbonyl (C=O) groups excluding carboxylic acids is 1. The highest BCUT2D eigenvalue weighted by atomic mass is 16.2. The van der Waals surface area contributed by atoms with Gasteiger partial charge in [-0.25, -0.2) is 10.2 Å². The van der Waals surface area contributed by atoms with Crippen LogP contribution < -0.4 is 10.7 Å². The molecule has 2 aromatic rings. The summed E-state index contributed by atoms with van der Waals surface area (Å²) in [6.45, 7) is 1.88. The Labute approximate surface area is 122 Å². The molecule has 1 heterocycles. The molecule has 21 heavy (non-hydrogen) atoms. The van der Waals surface area contributed by atoms with Gasteiger partial charge in [0.15, 0.2) is 0 Å². The number of nitriles is 1. The molecule has 6 heteroatoms. The normalized spacial score (nSPS) is 10.3. The van der Waals surface area contributed by atoms with E-state index in [1.54, 1.807) is 29.8 Å². The molecule has 1 aromatic heterocycles. The minimum Gasteiger partial charge on any atom is -0.339 e. The Hall–Kier alpha value is -3.07. The zero-order chi connectivity index (χ0) is 15.2. The molecule has 2 rings (SSSR count). The van der Waals surface area contributed by atoms with Gasteiger partial charge in [0.25, 0.3) is 0 Å². The van der Waals surface area contributed by atoms with Crippen LogP contribution in [0.15, 0.2) is 41.5 Å². The van der Waals surface area contributed by atoms with Crippen molar-refractivity contribution >= 4 is 17.9 Å². The molecule has 106 valence electrons. The van der Waals surface area contributed by atoms with Crippen LogP contribution in [-0.4, -0.2) is 16.8 Å². The van der Waals surface area contributed by atoms with Crippen LogP contribution in [0.3, 0.4) is 0 Å². The second-order valence-electron chi connectivity index (χ2n) is 4.43. The number of amides is 2. The van der Waals surface area contributed by atoms with E-state index in [9.17, 15) is 4.79 Å². The highest BCUT2D eigenvalue weighted by Gasteiger charge is 2.06. The first-order valence-corrected chi connectivity index (χ1v) is 6.33. The van der Waals surface area contributed by atoms with Crippen LogP contribution in [0.1, 0.15) is 17.0 Å². The third-order valence-corrected chi connectivity index (χ3v) is 3.09. The third-order valence-electron chi connectivity index (χ3n) is 3.09. The average molecular weight is 281 g/mol. The topological polar surface area (TPSA) is 82.2 Å². The molecule has 0 unspecified atom stereocenters. The van der Waals surface area contributed by atoms with Crippen molar-refractivity contribution in [1.82, 2.24) is 9.99 Å². The molecule has 0 aliphatic heterocycles. The monoisotopic (exact) mass is 281 g/mol. The summed E-state index contributed by atoms with van der Waals surface area (Å²) < 4.78 is 1.77. The standard InChI is InChI=1S/C15H15N5O/c1-11-12(8-14(9-16)20(11)2)10-17-19-15(21)18-13-6-4-3-5-7-13/h3-8,10H,1-2H3,(H2,18,19,21)/b17-10-. The molecular weight excluding hydrogens is 266 g/mol. The zero-order valence-corrected chi connectivity index (χ0v) is 11.8. The summed E-state index contributed by atoms with van der Waals surface area (Å²) in [6.07, 6.45) is 1.51. The number of hydrazone groups is 1. The van der Waals surface area contributed by atoms with Crippen molar-refractivity contribution in [2.24, 2.45) is 12.1 Å². The lowest BCUT2D eigenvalue weighted by Gasteiger charge is -2.03. The maximum atomic E-state index is 11.6. The first-order chi connectivity index (χ1) is 10.1. The fourth-order valence-corrected chi connectivity index (χ4v) is 1.80. The van der Waals surface area contributed by atoms with Gasteiger partial charge in [-0.2, -0.15) is 10.4 Å². The van der Waals surface area contributed by atoms with Crippen molar-refractivity contribution in [3.05, 3.63) is 53.3 Å². The molecule has 2 amide bonds. The van der Waals surface area contributed by atoms with E-state index < -0.39 is 6.03 Å². The Morgan fingerprint density at radius 1 is 1.38 bits per heavy atom. The number of aromatic nitrogens is 1. The van der Waals surface area contributed by atoms with E-state index in [0.29, 0.717) is 11.4 Å². The van der Waals surface area contributed by atoms with E-state index in [2.05, 4.69) is 21.9 Å². The number of rotatable bonds is 3. The summed E-state index contributed by atoms with van der Waals surface area (Å²) in [7, 11) is 1.81. The van der Waals surface area contributed by atoms with E-state index in [1.165, 1.54) is 6.21 Å². The van der Waals surface area contributed by atoms with E-state index >= 15 is 0 Å². The number of anilines is 1. The van der Waals surface area contributed by atoms with Gasteiger partial charge in [0.1, 0.15) is 11.8 Å². The number of para-hydroxylation sites is 1. The lowest BCUT2D eigenvalue weighted by molar-refractivity contribution is 0.252. The molecule has 0 spiro atoms. The minimum absolute atomic E-state index is 0.424. The summed E-state index contributed by atoms with van der Waals surface area (Å²) in [5.41, 5.74) is 5.30. The fraction of sp³-hybridized carbons (Fsp3) is 0.133. The Morgan fingerprint density at radius 2 is 2.10 bits per heavy atom. The second-order valence-corrected chi connectivity index (χ2v) is 4.43. The summed E-state index contributed by atoms with van der Waals surface area (Å²) in [5.74, 6) is 0. The lowest BCUT2D eigenvalue weighted by atomic mass is 10.3. The molecule has 0 aliphatic carbocycles. The lowest BCUT2D eigenvalue weighted by Crippen LogP contribution is -2.24. The van der Waals surface area contributed by atoms with Gasteiger partial charge in [0, 0.05) is 24.0 Å². The van der Waals surface area contributed by atoms with Crippen molar-refractivity contribution < 1.29 is 4.79 Å². The molecular formula is C15H15N5O.